The van der Waals surface area contributed by atoms with Gasteiger partial charge in [-0.3, -0.25) is 4.79 Å². The van der Waals surface area contributed by atoms with E-state index in [0.717, 1.165) is 11.2 Å². The quantitative estimate of drug-likeness (QED) is 0.584. The molecule has 1 aromatic rings. The fraction of sp³-hybridized carbons (Fsp3) is 0.533. The van der Waals surface area contributed by atoms with E-state index in [4.69, 9.17) is 11.6 Å². The number of amides is 1. The van der Waals surface area contributed by atoms with Crippen LogP contribution in [0.25, 0.3) is 0 Å². The van der Waals surface area contributed by atoms with Crippen LogP contribution in [0.1, 0.15) is 12.8 Å². The first-order valence-electron chi connectivity index (χ1n) is 7.42. The van der Waals surface area contributed by atoms with Crippen molar-refractivity contribution in [3.05, 3.63) is 29.3 Å². The van der Waals surface area contributed by atoms with E-state index in [1.54, 1.807) is 11.8 Å². The monoisotopic (exact) mass is 376 g/mol. The van der Waals surface area contributed by atoms with E-state index >= 15 is 0 Å². The van der Waals surface area contributed by atoms with Gasteiger partial charge in [0.25, 0.3) is 0 Å². The molecule has 0 unspecified atom stereocenters. The van der Waals surface area contributed by atoms with Gasteiger partial charge < -0.3 is 10.6 Å². The van der Waals surface area contributed by atoms with Crippen molar-refractivity contribution in [2.45, 2.75) is 22.5 Å². The average Bonchev–Trinajstić information content (AvgIpc) is 2.52. The van der Waals surface area contributed by atoms with Crippen LogP contribution in [-0.4, -0.2) is 50.7 Å². The van der Waals surface area contributed by atoms with Crippen LogP contribution in [0.2, 0.25) is 5.02 Å². The highest BCUT2D eigenvalue weighted by Gasteiger charge is 2.48. The highest BCUT2D eigenvalue weighted by atomic mass is 35.5. The van der Waals surface area contributed by atoms with Crippen molar-refractivity contribution in [2.75, 3.05) is 31.6 Å². The average molecular weight is 377 g/mol. The van der Waals surface area contributed by atoms with Gasteiger partial charge in [-0.1, -0.05) is 11.6 Å². The third kappa shape index (κ3) is 4.62. The summed E-state index contributed by atoms with van der Waals surface area (Å²) in [4.78, 5) is 13.5. The molecule has 0 radical (unpaired) electrons. The number of hydrogen-bond donors (Lipinski definition) is 2. The van der Waals surface area contributed by atoms with Gasteiger partial charge in [-0.2, -0.15) is 0 Å². The van der Waals surface area contributed by atoms with Gasteiger partial charge in [0, 0.05) is 28.5 Å². The second-order valence-electron chi connectivity index (χ2n) is 5.57. The Bertz CT molecular complexity index is 641. The number of carbonyl (C=O) groups excluding carboxylic acids is 1. The molecule has 2 rings (SSSR count). The molecule has 1 aliphatic heterocycles. The molecule has 8 heteroatoms. The molecular formula is C15H21ClN2O3S2. The molecule has 0 bridgehead atoms. The number of carbonyl (C=O) groups is 1. The van der Waals surface area contributed by atoms with E-state index in [1.165, 1.54) is 0 Å². The lowest BCUT2D eigenvalue weighted by Crippen LogP contribution is -2.57. The minimum absolute atomic E-state index is 0.321. The predicted octanol–water partition coefficient (Wildman–Crippen LogP) is 1.72. The van der Waals surface area contributed by atoms with Gasteiger partial charge >= 0.3 is 0 Å². The molecule has 1 aromatic carbocycles. The zero-order valence-electron chi connectivity index (χ0n) is 13.0. The molecule has 0 aliphatic carbocycles. The Morgan fingerprint density at radius 3 is 2.48 bits per heavy atom. The van der Waals surface area contributed by atoms with Gasteiger partial charge in [-0.15, -0.1) is 11.8 Å². The lowest BCUT2D eigenvalue weighted by atomic mass is 9.96. The summed E-state index contributed by atoms with van der Waals surface area (Å²) in [5, 5.41) is 6.57. The lowest BCUT2D eigenvalue weighted by molar-refractivity contribution is -0.124. The summed E-state index contributed by atoms with van der Waals surface area (Å²) in [7, 11) is -3.45. The van der Waals surface area contributed by atoms with Gasteiger partial charge in [-0.25, -0.2) is 8.42 Å². The van der Waals surface area contributed by atoms with Crippen LogP contribution in [0.4, 0.5) is 0 Å². The smallest absolute Gasteiger partial charge is 0.241 e. The Morgan fingerprint density at radius 1 is 1.30 bits per heavy atom. The Labute approximate surface area is 146 Å². The Kier molecular flexibility index (Phi) is 6.36. The highest BCUT2D eigenvalue weighted by molar-refractivity contribution is 7.99. The maximum Gasteiger partial charge on any atom is 0.241 e. The summed E-state index contributed by atoms with van der Waals surface area (Å²) in [5.41, 5.74) is 0. The molecule has 128 valence electrons. The molecule has 0 saturated carbocycles. The molecule has 1 aliphatic rings. The normalized spacial score (nSPS) is 17.7. The number of sulfone groups is 1. The molecule has 0 aromatic heterocycles. The van der Waals surface area contributed by atoms with Gasteiger partial charge in [0.1, 0.15) is 0 Å². The maximum absolute atomic E-state index is 12.5. The van der Waals surface area contributed by atoms with Crippen molar-refractivity contribution in [3.63, 3.8) is 0 Å². The van der Waals surface area contributed by atoms with Crippen LogP contribution < -0.4 is 10.6 Å². The van der Waals surface area contributed by atoms with E-state index in [-0.39, 0.29) is 5.91 Å². The standard InChI is InChI=1S/C15H21ClN2O3S2/c1-23(20,21)15(6-8-17-9-7-15)14(19)18-10-11-22-13-4-2-12(16)3-5-13/h2-5,17H,6-11H2,1H3,(H,18,19). The molecule has 1 saturated heterocycles. The van der Waals surface area contributed by atoms with Crippen molar-refractivity contribution in [2.24, 2.45) is 0 Å². The van der Waals surface area contributed by atoms with Crippen molar-refractivity contribution in [3.8, 4) is 0 Å². The largest absolute Gasteiger partial charge is 0.354 e. The summed E-state index contributed by atoms with van der Waals surface area (Å²) in [6.45, 7) is 1.51. The molecule has 2 N–H and O–H groups in total. The molecule has 23 heavy (non-hydrogen) atoms. The fourth-order valence-corrected chi connectivity index (χ4v) is 4.87. The van der Waals surface area contributed by atoms with Gasteiger partial charge in [0.05, 0.1) is 0 Å². The van der Waals surface area contributed by atoms with Gasteiger partial charge in [0.2, 0.25) is 5.91 Å². The van der Waals surface area contributed by atoms with E-state index in [2.05, 4.69) is 10.6 Å². The molecule has 5 nitrogen and oxygen atoms in total. The summed E-state index contributed by atoms with van der Waals surface area (Å²) >= 11 is 7.42. The predicted molar refractivity (Wildman–Crippen MR) is 94.9 cm³/mol. The van der Waals surface area contributed by atoms with Crippen LogP contribution in [0.3, 0.4) is 0 Å². The minimum atomic E-state index is -3.45. The zero-order chi connectivity index (χ0) is 16.9. The number of hydrogen-bond acceptors (Lipinski definition) is 5. The SMILES string of the molecule is CS(=O)(=O)C1(C(=O)NCCSc2ccc(Cl)cc2)CCNCC1. The van der Waals surface area contributed by atoms with Crippen molar-refractivity contribution < 1.29 is 13.2 Å². The van der Waals surface area contributed by atoms with Crippen LogP contribution >= 0.6 is 23.4 Å². The third-order valence-electron chi connectivity index (χ3n) is 4.00. The molecule has 0 spiro atoms. The van der Waals surface area contributed by atoms with E-state index in [9.17, 15) is 13.2 Å². The summed E-state index contributed by atoms with van der Waals surface area (Å²) in [6.07, 6.45) is 1.80. The van der Waals surface area contributed by atoms with Gasteiger partial charge in [0.15, 0.2) is 14.6 Å². The Balaban J connectivity index is 1.88. The zero-order valence-corrected chi connectivity index (χ0v) is 15.4. The van der Waals surface area contributed by atoms with Crippen LogP contribution in [0, 0.1) is 0 Å². The maximum atomic E-state index is 12.5. The van der Waals surface area contributed by atoms with E-state index in [1.807, 2.05) is 24.3 Å². The third-order valence-corrected chi connectivity index (χ3v) is 7.28. The van der Waals surface area contributed by atoms with Crippen LogP contribution in [-0.2, 0) is 14.6 Å². The number of benzene rings is 1. The number of nitrogens with one attached hydrogen (secondary N) is 2. The highest BCUT2D eigenvalue weighted by Crippen LogP contribution is 2.28. The lowest BCUT2D eigenvalue weighted by Gasteiger charge is -2.34. The van der Waals surface area contributed by atoms with Crippen molar-refractivity contribution in [1.29, 1.82) is 0 Å². The molecule has 1 fully saturated rings. The number of thioether (sulfide) groups is 1. The molecule has 1 amide bonds. The first-order chi connectivity index (χ1) is 10.8. The van der Waals surface area contributed by atoms with Crippen LogP contribution in [0.5, 0.6) is 0 Å². The number of halogens is 1. The van der Waals surface area contributed by atoms with Gasteiger partial charge in [-0.05, 0) is 50.2 Å². The molecule has 0 atom stereocenters. The fourth-order valence-electron chi connectivity index (χ4n) is 2.62. The molecule has 1 heterocycles. The van der Waals surface area contributed by atoms with E-state index < -0.39 is 14.6 Å². The summed E-state index contributed by atoms with van der Waals surface area (Å²) in [6, 6.07) is 7.46. The first-order valence-corrected chi connectivity index (χ1v) is 10.7. The van der Waals surface area contributed by atoms with Crippen LogP contribution in [0.15, 0.2) is 29.2 Å². The Morgan fingerprint density at radius 2 is 1.91 bits per heavy atom. The summed E-state index contributed by atoms with van der Waals surface area (Å²) in [5.74, 6) is 0.295. The second-order valence-corrected chi connectivity index (χ2v) is 9.51. The molecular weight excluding hydrogens is 356 g/mol. The number of rotatable bonds is 6. The minimum Gasteiger partial charge on any atom is -0.354 e. The van der Waals surface area contributed by atoms with E-state index in [0.29, 0.717) is 43.3 Å². The first kappa shape index (κ1) is 18.6. The van der Waals surface area contributed by atoms with Crippen molar-refractivity contribution >= 4 is 39.1 Å². The van der Waals surface area contributed by atoms with Crippen molar-refractivity contribution in [1.82, 2.24) is 10.6 Å². The summed E-state index contributed by atoms with van der Waals surface area (Å²) < 4.78 is 23.0. The topological polar surface area (TPSA) is 75.3 Å². The Hall–Kier alpha value is -0.760. The number of piperidine rings is 1. The second kappa shape index (κ2) is 7.88.